The largest absolute Gasteiger partial charge is 0.489 e. The first-order valence-electron chi connectivity index (χ1n) is 6.40. The van der Waals surface area contributed by atoms with E-state index < -0.39 is 0 Å². The Hall–Kier alpha value is -3.06. The molecular formula is C17H11NO3. The molecule has 21 heavy (non-hydrogen) atoms. The number of hydrogen-bond donors (Lipinski definition) is 0. The summed E-state index contributed by atoms with van der Waals surface area (Å²) in [7, 11) is 0. The van der Waals surface area contributed by atoms with Crippen LogP contribution >= 0.6 is 0 Å². The molecule has 4 nitrogen and oxygen atoms in total. The van der Waals surface area contributed by atoms with E-state index in [9.17, 15) is 4.79 Å². The van der Waals surface area contributed by atoms with Gasteiger partial charge in [-0.2, -0.15) is 5.26 Å². The van der Waals surface area contributed by atoms with Crippen LogP contribution in [0.5, 0.6) is 5.75 Å². The minimum absolute atomic E-state index is 0.0742. The summed E-state index contributed by atoms with van der Waals surface area (Å²) in [5.74, 6) is 0.626. The molecule has 1 aromatic heterocycles. The van der Waals surface area contributed by atoms with E-state index >= 15 is 0 Å². The van der Waals surface area contributed by atoms with Gasteiger partial charge in [0.15, 0.2) is 5.43 Å². The zero-order chi connectivity index (χ0) is 14.7. The first-order chi connectivity index (χ1) is 10.3. The highest BCUT2D eigenvalue weighted by molar-refractivity contribution is 5.77. The second kappa shape index (κ2) is 5.51. The number of ether oxygens (including phenoxy) is 1. The predicted octanol–water partition coefficient (Wildman–Crippen LogP) is 3.24. The van der Waals surface area contributed by atoms with Crippen LogP contribution < -0.4 is 10.2 Å². The smallest absolute Gasteiger partial charge is 0.192 e. The van der Waals surface area contributed by atoms with Crippen LogP contribution in [0.1, 0.15) is 11.1 Å². The number of hydrogen-bond acceptors (Lipinski definition) is 4. The lowest BCUT2D eigenvalue weighted by atomic mass is 10.1. The second-order valence-electron chi connectivity index (χ2n) is 4.54. The van der Waals surface area contributed by atoms with Gasteiger partial charge in [-0.05, 0) is 29.8 Å². The number of rotatable bonds is 3. The molecule has 1 heterocycles. The fraction of sp³-hybridized carbons (Fsp3) is 0.0588. The molecule has 0 aliphatic heterocycles. The van der Waals surface area contributed by atoms with Gasteiger partial charge in [0, 0.05) is 12.1 Å². The predicted molar refractivity (Wildman–Crippen MR) is 78.0 cm³/mol. The molecule has 2 aromatic carbocycles. The van der Waals surface area contributed by atoms with Crippen molar-refractivity contribution in [2.45, 2.75) is 6.61 Å². The Bertz CT molecular complexity index is 873. The normalized spacial score (nSPS) is 10.2. The molecule has 0 unspecified atom stereocenters. The summed E-state index contributed by atoms with van der Waals surface area (Å²) in [6, 6.07) is 15.8. The molecule has 0 atom stereocenters. The summed E-state index contributed by atoms with van der Waals surface area (Å²) in [5, 5.41) is 9.27. The fourth-order valence-electron chi connectivity index (χ4n) is 1.99. The molecule has 0 spiro atoms. The molecule has 0 radical (unpaired) electrons. The number of nitriles is 1. The van der Waals surface area contributed by atoms with Gasteiger partial charge >= 0.3 is 0 Å². The van der Waals surface area contributed by atoms with Crippen LogP contribution in [0.2, 0.25) is 0 Å². The molecule has 0 bridgehead atoms. The summed E-state index contributed by atoms with van der Waals surface area (Å²) in [5.41, 5.74) is 2.00. The Morgan fingerprint density at radius 3 is 2.67 bits per heavy atom. The molecule has 0 saturated carbocycles. The summed E-state index contributed by atoms with van der Waals surface area (Å²) in [4.78, 5) is 11.6. The van der Waals surface area contributed by atoms with E-state index in [0.717, 1.165) is 5.56 Å². The van der Waals surface area contributed by atoms with Crippen LogP contribution in [0, 0.1) is 11.3 Å². The van der Waals surface area contributed by atoms with Gasteiger partial charge in [0.25, 0.3) is 0 Å². The molecule has 3 aromatic rings. The topological polar surface area (TPSA) is 63.2 Å². The van der Waals surface area contributed by atoms with Crippen molar-refractivity contribution in [1.29, 1.82) is 5.26 Å². The van der Waals surface area contributed by atoms with Crippen molar-refractivity contribution in [2.24, 2.45) is 0 Å². The SMILES string of the molecule is N#Cc1ccc(COc2ccc3c(=O)ccoc3c2)cc1. The average molecular weight is 277 g/mol. The van der Waals surface area contributed by atoms with Gasteiger partial charge in [-0.3, -0.25) is 4.79 Å². The Morgan fingerprint density at radius 1 is 1.10 bits per heavy atom. The van der Waals surface area contributed by atoms with Crippen molar-refractivity contribution in [3.05, 3.63) is 76.1 Å². The first-order valence-corrected chi connectivity index (χ1v) is 6.40. The molecule has 102 valence electrons. The molecule has 0 fully saturated rings. The Morgan fingerprint density at radius 2 is 1.90 bits per heavy atom. The minimum atomic E-state index is -0.0742. The van der Waals surface area contributed by atoms with Crippen molar-refractivity contribution < 1.29 is 9.15 Å². The molecule has 3 rings (SSSR count). The third-order valence-corrected chi connectivity index (χ3v) is 3.12. The van der Waals surface area contributed by atoms with Crippen LogP contribution in [0.4, 0.5) is 0 Å². The third-order valence-electron chi connectivity index (χ3n) is 3.12. The van der Waals surface area contributed by atoms with Gasteiger partial charge in [-0.1, -0.05) is 12.1 Å². The third kappa shape index (κ3) is 2.77. The number of benzene rings is 2. The van der Waals surface area contributed by atoms with E-state index in [2.05, 4.69) is 6.07 Å². The van der Waals surface area contributed by atoms with Crippen molar-refractivity contribution >= 4 is 11.0 Å². The highest BCUT2D eigenvalue weighted by Gasteiger charge is 2.03. The molecule has 0 aliphatic carbocycles. The maximum atomic E-state index is 11.6. The lowest BCUT2D eigenvalue weighted by Crippen LogP contribution is -1.99. The fourth-order valence-corrected chi connectivity index (χ4v) is 1.99. The van der Waals surface area contributed by atoms with Gasteiger partial charge in [-0.15, -0.1) is 0 Å². The maximum Gasteiger partial charge on any atom is 0.192 e. The van der Waals surface area contributed by atoms with Gasteiger partial charge in [0.1, 0.15) is 17.9 Å². The Kier molecular flexibility index (Phi) is 3.40. The second-order valence-corrected chi connectivity index (χ2v) is 4.54. The molecular weight excluding hydrogens is 266 g/mol. The van der Waals surface area contributed by atoms with Crippen LogP contribution in [0.15, 0.2) is 64.0 Å². The highest BCUT2D eigenvalue weighted by Crippen LogP contribution is 2.19. The number of nitrogens with zero attached hydrogens (tertiary/aromatic N) is 1. The summed E-state index contributed by atoms with van der Waals surface area (Å²) in [6.45, 7) is 0.383. The molecule has 0 saturated heterocycles. The molecule has 0 N–H and O–H groups in total. The van der Waals surface area contributed by atoms with E-state index in [1.54, 1.807) is 30.3 Å². The summed E-state index contributed by atoms with van der Waals surface area (Å²) < 4.78 is 11.0. The quantitative estimate of drug-likeness (QED) is 0.737. The lowest BCUT2D eigenvalue weighted by Gasteiger charge is -2.07. The van der Waals surface area contributed by atoms with Crippen LogP contribution in [-0.2, 0) is 6.61 Å². The standard InChI is InChI=1S/C17H11NO3/c18-10-12-1-3-13(4-2-12)11-21-14-5-6-15-16(19)7-8-20-17(15)9-14/h1-9H,11H2. The van der Waals surface area contributed by atoms with Crippen LogP contribution in [-0.4, -0.2) is 0 Å². The minimum Gasteiger partial charge on any atom is -0.489 e. The Balaban J connectivity index is 1.78. The Labute approximate surface area is 120 Å². The van der Waals surface area contributed by atoms with Crippen LogP contribution in [0.25, 0.3) is 11.0 Å². The van der Waals surface area contributed by atoms with Crippen molar-refractivity contribution in [3.8, 4) is 11.8 Å². The zero-order valence-corrected chi connectivity index (χ0v) is 11.1. The van der Waals surface area contributed by atoms with Gasteiger partial charge in [-0.25, -0.2) is 0 Å². The molecule has 4 heteroatoms. The van der Waals surface area contributed by atoms with Crippen molar-refractivity contribution in [2.75, 3.05) is 0 Å². The van der Waals surface area contributed by atoms with E-state index in [4.69, 9.17) is 14.4 Å². The van der Waals surface area contributed by atoms with Gasteiger partial charge in [0.2, 0.25) is 0 Å². The van der Waals surface area contributed by atoms with Crippen molar-refractivity contribution in [3.63, 3.8) is 0 Å². The molecule has 0 amide bonds. The molecule has 0 aliphatic rings. The summed E-state index contributed by atoms with van der Waals surface area (Å²) >= 11 is 0. The summed E-state index contributed by atoms with van der Waals surface area (Å²) in [6.07, 6.45) is 1.37. The lowest BCUT2D eigenvalue weighted by molar-refractivity contribution is 0.306. The van der Waals surface area contributed by atoms with Crippen LogP contribution in [0.3, 0.4) is 0 Å². The van der Waals surface area contributed by atoms with E-state index in [0.29, 0.717) is 28.9 Å². The van der Waals surface area contributed by atoms with Gasteiger partial charge < -0.3 is 9.15 Å². The van der Waals surface area contributed by atoms with Crippen molar-refractivity contribution in [1.82, 2.24) is 0 Å². The average Bonchev–Trinajstić information content (AvgIpc) is 2.53. The van der Waals surface area contributed by atoms with Gasteiger partial charge in [0.05, 0.1) is 23.3 Å². The first kappa shape index (κ1) is 12.9. The number of fused-ring (bicyclic) bond motifs is 1. The maximum absolute atomic E-state index is 11.6. The highest BCUT2D eigenvalue weighted by atomic mass is 16.5. The monoisotopic (exact) mass is 277 g/mol. The zero-order valence-electron chi connectivity index (χ0n) is 11.1. The van der Waals surface area contributed by atoms with E-state index in [1.807, 2.05) is 12.1 Å². The van der Waals surface area contributed by atoms with E-state index in [-0.39, 0.29) is 5.43 Å². The van der Waals surface area contributed by atoms with E-state index in [1.165, 1.54) is 12.3 Å².